The molecule has 1 atom stereocenters. The first-order valence-corrected chi connectivity index (χ1v) is 6.48. The van der Waals surface area contributed by atoms with Crippen LogP contribution in [-0.4, -0.2) is 5.78 Å². The first-order chi connectivity index (χ1) is 7.00. The molecule has 1 aromatic heterocycles. The maximum absolute atomic E-state index is 12.3. The highest BCUT2D eigenvalue weighted by molar-refractivity contribution is 7.10. The van der Waals surface area contributed by atoms with E-state index < -0.39 is 0 Å². The van der Waals surface area contributed by atoms with Gasteiger partial charge in [-0.15, -0.1) is 11.3 Å². The average Bonchev–Trinajstić information content (AvgIpc) is 2.62. The van der Waals surface area contributed by atoms with E-state index in [0.717, 1.165) is 6.42 Å². The zero-order valence-electron chi connectivity index (χ0n) is 9.67. The van der Waals surface area contributed by atoms with Gasteiger partial charge in [0, 0.05) is 16.2 Å². The number of aryl methyl sites for hydroxylation is 1. The van der Waals surface area contributed by atoms with Crippen molar-refractivity contribution in [2.45, 2.75) is 46.0 Å². The number of hydrogen-bond donors (Lipinski definition) is 0. The number of thiophene rings is 1. The summed E-state index contributed by atoms with van der Waals surface area (Å²) in [6.45, 7) is 6.07. The summed E-state index contributed by atoms with van der Waals surface area (Å²) in [5, 5.41) is 2.12. The van der Waals surface area contributed by atoms with E-state index in [4.69, 9.17) is 0 Å². The number of hydrogen-bond acceptors (Lipinski definition) is 2. The SMILES string of the molecule is CC(C)(C)C(=O)C1CCCc2sccc21. The van der Waals surface area contributed by atoms with Crippen LogP contribution in [0, 0.1) is 5.41 Å². The zero-order valence-corrected chi connectivity index (χ0v) is 10.5. The van der Waals surface area contributed by atoms with Crippen molar-refractivity contribution in [3.63, 3.8) is 0 Å². The molecule has 0 fully saturated rings. The average molecular weight is 222 g/mol. The molecule has 0 N–H and O–H groups in total. The van der Waals surface area contributed by atoms with Crippen molar-refractivity contribution in [3.8, 4) is 0 Å². The van der Waals surface area contributed by atoms with Gasteiger partial charge in [0.05, 0.1) is 0 Å². The Balaban J connectivity index is 2.31. The number of carbonyl (C=O) groups is 1. The summed E-state index contributed by atoms with van der Waals surface area (Å²) in [7, 11) is 0. The summed E-state index contributed by atoms with van der Waals surface area (Å²) in [5.41, 5.74) is 1.10. The molecule has 1 unspecified atom stereocenters. The number of rotatable bonds is 1. The number of ketones is 1. The highest BCUT2D eigenvalue weighted by atomic mass is 32.1. The van der Waals surface area contributed by atoms with Crippen molar-refractivity contribution in [3.05, 3.63) is 21.9 Å². The Morgan fingerprint density at radius 2 is 2.20 bits per heavy atom. The zero-order chi connectivity index (χ0) is 11.1. The molecule has 0 radical (unpaired) electrons. The van der Waals surface area contributed by atoms with Crippen LogP contribution in [0.5, 0.6) is 0 Å². The predicted molar refractivity (Wildman–Crippen MR) is 64.5 cm³/mol. The molecule has 0 saturated carbocycles. The maximum Gasteiger partial charge on any atom is 0.145 e. The number of carbonyl (C=O) groups excluding carboxylic acids is 1. The van der Waals surface area contributed by atoms with Crippen molar-refractivity contribution in [1.29, 1.82) is 0 Å². The van der Waals surface area contributed by atoms with Gasteiger partial charge < -0.3 is 0 Å². The smallest absolute Gasteiger partial charge is 0.145 e. The van der Waals surface area contributed by atoms with Crippen molar-refractivity contribution in [1.82, 2.24) is 0 Å². The Hall–Kier alpha value is -0.630. The van der Waals surface area contributed by atoms with Gasteiger partial charge in [-0.3, -0.25) is 4.79 Å². The predicted octanol–water partition coefficient (Wildman–Crippen LogP) is 3.78. The molecule has 0 aliphatic heterocycles. The fraction of sp³-hybridized carbons (Fsp3) is 0.615. The second-order valence-electron chi connectivity index (χ2n) is 5.36. The third-order valence-corrected chi connectivity index (χ3v) is 4.10. The summed E-state index contributed by atoms with van der Waals surface area (Å²) in [6, 6.07) is 2.15. The van der Waals surface area contributed by atoms with Crippen LogP contribution in [0.15, 0.2) is 11.4 Å². The maximum atomic E-state index is 12.3. The number of fused-ring (bicyclic) bond motifs is 1. The Kier molecular flexibility index (Phi) is 2.72. The van der Waals surface area contributed by atoms with E-state index in [9.17, 15) is 4.79 Å². The molecule has 1 nitrogen and oxygen atoms in total. The summed E-state index contributed by atoms with van der Waals surface area (Å²) in [6.07, 6.45) is 3.38. The van der Waals surface area contributed by atoms with Gasteiger partial charge >= 0.3 is 0 Å². The molecule has 1 aliphatic carbocycles. The molecule has 2 heteroatoms. The first-order valence-electron chi connectivity index (χ1n) is 5.61. The molecule has 0 saturated heterocycles. The van der Waals surface area contributed by atoms with Gasteiger partial charge in [-0.25, -0.2) is 0 Å². The van der Waals surface area contributed by atoms with E-state index >= 15 is 0 Å². The van der Waals surface area contributed by atoms with Crippen molar-refractivity contribution in [2.75, 3.05) is 0 Å². The van der Waals surface area contributed by atoms with Gasteiger partial charge in [0.15, 0.2) is 0 Å². The van der Waals surface area contributed by atoms with Crippen molar-refractivity contribution < 1.29 is 4.79 Å². The molecular weight excluding hydrogens is 204 g/mol. The largest absolute Gasteiger partial charge is 0.298 e. The summed E-state index contributed by atoms with van der Waals surface area (Å²) < 4.78 is 0. The van der Waals surface area contributed by atoms with E-state index in [-0.39, 0.29) is 11.3 Å². The Morgan fingerprint density at radius 3 is 2.87 bits per heavy atom. The fourth-order valence-corrected chi connectivity index (χ4v) is 3.27. The second kappa shape index (κ2) is 3.75. The van der Waals surface area contributed by atoms with Crippen molar-refractivity contribution >= 4 is 17.1 Å². The normalized spacial score (nSPS) is 21.1. The van der Waals surface area contributed by atoms with Gasteiger partial charge in [-0.2, -0.15) is 0 Å². The molecule has 1 aliphatic rings. The minimum absolute atomic E-state index is 0.167. The van der Waals surface area contributed by atoms with Gasteiger partial charge in [0.25, 0.3) is 0 Å². The molecule has 0 aromatic carbocycles. The Morgan fingerprint density at radius 1 is 1.47 bits per heavy atom. The van der Waals surface area contributed by atoms with E-state index in [1.165, 1.54) is 23.3 Å². The Bertz CT molecular complexity index is 370. The van der Waals surface area contributed by atoms with Crippen LogP contribution in [-0.2, 0) is 11.2 Å². The topological polar surface area (TPSA) is 17.1 Å². The van der Waals surface area contributed by atoms with Crippen LogP contribution < -0.4 is 0 Å². The fourth-order valence-electron chi connectivity index (χ4n) is 2.28. The standard InChI is InChI=1S/C13H18OS/c1-13(2,3)12(14)10-5-4-6-11-9(10)7-8-15-11/h7-8,10H,4-6H2,1-3H3. The number of Topliss-reactive ketones (excluding diaryl/α,β-unsaturated/α-hetero) is 1. The van der Waals surface area contributed by atoms with Crippen LogP contribution in [0.2, 0.25) is 0 Å². The minimum Gasteiger partial charge on any atom is -0.298 e. The van der Waals surface area contributed by atoms with Crippen LogP contribution >= 0.6 is 11.3 Å². The van der Waals surface area contributed by atoms with Gasteiger partial charge in [0.2, 0.25) is 0 Å². The lowest BCUT2D eigenvalue weighted by Gasteiger charge is -2.27. The summed E-state index contributed by atoms with van der Waals surface area (Å²) >= 11 is 1.80. The molecular formula is C13H18OS. The lowest BCUT2D eigenvalue weighted by Crippen LogP contribution is -2.28. The highest BCUT2D eigenvalue weighted by Gasteiger charge is 2.33. The summed E-state index contributed by atoms with van der Waals surface area (Å²) in [5.74, 6) is 0.571. The lowest BCUT2D eigenvalue weighted by molar-refractivity contribution is -0.128. The van der Waals surface area contributed by atoms with Crippen LogP contribution in [0.1, 0.15) is 50.0 Å². The molecule has 82 valence electrons. The van der Waals surface area contributed by atoms with E-state index in [1.807, 2.05) is 20.8 Å². The van der Waals surface area contributed by atoms with Gasteiger partial charge in [-0.05, 0) is 36.3 Å². The molecule has 2 rings (SSSR count). The van der Waals surface area contributed by atoms with Gasteiger partial charge in [-0.1, -0.05) is 20.8 Å². The van der Waals surface area contributed by atoms with E-state index in [1.54, 1.807) is 11.3 Å². The molecule has 15 heavy (non-hydrogen) atoms. The van der Waals surface area contributed by atoms with Crippen LogP contribution in [0.25, 0.3) is 0 Å². The second-order valence-corrected chi connectivity index (χ2v) is 6.36. The third kappa shape index (κ3) is 2.00. The van der Waals surface area contributed by atoms with Crippen LogP contribution in [0.4, 0.5) is 0 Å². The Labute approximate surface area is 95.5 Å². The summed E-state index contributed by atoms with van der Waals surface area (Å²) in [4.78, 5) is 13.7. The highest BCUT2D eigenvalue weighted by Crippen LogP contribution is 2.39. The van der Waals surface area contributed by atoms with E-state index in [0.29, 0.717) is 5.78 Å². The molecule has 0 bridgehead atoms. The third-order valence-electron chi connectivity index (χ3n) is 3.11. The molecule has 1 aromatic rings. The molecule has 0 amide bonds. The van der Waals surface area contributed by atoms with Crippen molar-refractivity contribution in [2.24, 2.45) is 5.41 Å². The van der Waals surface area contributed by atoms with E-state index in [2.05, 4.69) is 11.4 Å². The quantitative estimate of drug-likeness (QED) is 0.706. The molecule has 1 heterocycles. The minimum atomic E-state index is -0.207. The van der Waals surface area contributed by atoms with Crippen LogP contribution in [0.3, 0.4) is 0 Å². The first kappa shape index (κ1) is 10.9. The monoisotopic (exact) mass is 222 g/mol. The van der Waals surface area contributed by atoms with Gasteiger partial charge in [0.1, 0.15) is 5.78 Å². The molecule has 0 spiro atoms. The lowest BCUT2D eigenvalue weighted by atomic mass is 9.75.